The van der Waals surface area contributed by atoms with Gasteiger partial charge in [-0.05, 0) is 12.8 Å². The summed E-state index contributed by atoms with van der Waals surface area (Å²) in [6.07, 6.45) is 1.81. The third-order valence-corrected chi connectivity index (χ3v) is 2.94. The highest BCUT2D eigenvalue weighted by Gasteiger charge is 2.22. The second kappa shape index (κ2) is 9.12. The van der Waals surface area contributed by atoms with Gasteiger partial charge in [0.05, 0.1) is 19.3 Å². The van der Waals surface area contributed by atoms with Crippen LogP contribution in [0.15, 0.2) is 0 Å². The van der Waals surface area contributed by atoms with Gasteiger partial charge in [-0.3, -0.25) is 9.59 Å². The van der Waals surface area contributed by atoms with E-state index in [1.54, 1.807) is 4.90 Å². The zero-order valence-electron chi connectivity index (χ0n) is 11.5. The molecule has 0 unspecified atom stereocenters. The Kier molecular flexibility index (Phi) is 8.71. The van der Waals surface area contributed by atoms with E-state index in [0.29, 0.717) is 19.7 Å². The maximum atomic E-state index is 11.5. The summed E-state index contributed by atoms with van der Waals surface area (Å²) in [6, 6.07) is 0.105. The van der Waals surface area contributed by atoms with Crippen molar-refractivity contribution in [1.29, 1.82) is 0 Å². The van der Waals surface area contributed by atoms with Crippen LogP contribution < -0.4 is 5.73 Å². The van der Waals surface area contributed by atoms with Crippen molar-refractivity contribution in [3.8, 4) is 0 Å². The smallest absolute Gasteiger partial charge is 0.302 e. The van der Waals surface area contributed by atoms with Crippen molar-refractivity contribution in [2.75, 3.05) is 26.3 Å². The van der Waals surface area contributed by atoms with Crippen LogP contribution in [0.3, 0.4) is 0 Å². The normalized spacial score (nSPS) is 22.3. The molecule has 1 aliphatic rings. The van der Waals surface area contributed by atoms with Gasteiger partial charge in [0.25, 0.3) is 0 Å². The Hall–Kier alpha value is -0.850. The first kappa shape index (κ1) is 18.1. The van der Waals surface area contributed by atoms with Gasteiger partial charge in [-0.2, -0.15) is 0 Å². The molecule has 0 bridgehead atoms. The first-order valence-electron chi connectivity index (χ1n) is 6.25. The Morgan fingerprint density at radius 1 is 1.37 bits per heavy atom. The molecule has 1 amide bonds. The number of esters is 1. The van der Waals surface area contributed by atoms with Crippen LogP contribution in [-0.4, -0.2) is 55.2 Å². The van der Waals surface area contributed by atoms with E-state index in [2.05, 4.69) is 0 Å². The molecule has 7 heteroatoms. The molecule has 1 aliphatic heterocycles. The number of carbonyl (C=O) groups is 2. The number of nitrogens with zero attached hydrogens (tertiary/aromatic N) is 1. The van der Waals surface area contributed by atoms with Crippen LogP contribution in [0, 0.1) is 0 Å². The lowest BCUT2D eigenvalue weighted by molar-refractivity contribution is -0.144. The van der Waals surface area contributed by atoms with Crippen LogP contribution in [0.2, 0.25) is 0 Å². The van der Waals surface area contributed by atoms with Crippen LogP contribution in [0.5, 0.6) is 0 Å². The van der Waals surface area contributed by atoms with Gasteiger partial charge >= 0.3 is 5.97 Å². The SMILES string of the molecule is CC(=O)OCCN(C[C@@H]1CC[C@@H](N)CO1)C(C)=O.Cl. The summed E-state index contributed by atoms with van der Waals surface area (Å²) in [4.78, 5) is 23.8. The molecule has 0 aromatic heterocycles. The van der Waals surface area contributed by atoms with E-state index in [1.807, 2.05) is 0 Å². The summed E-state index contributed by atoms with van der Waals surface area (Å²) in [5, 5.41) is 0. The summed E-state index contributed by atoms with van der Waals surface area (Å²) in [7, 11) is 0. The van der Waals surface area contributed by atoms with Crippen LogP contribution >= 0.6 is 12.4 Å². The van der Waals surface area contributed by atoms with Gasteiger partial charge in [0.1, 0.15) is 6.61 Å². The lowest BCUT2D eigenvalue weighted by Gasteiger charge is -2.31. The lowest BCUT2D eigenvalue weighted by atomic mass is 10.1. The standard InChI is InChI=1S/C12H22N2O4.ClH/c1-9(15)14(5-6-17-10(2)16)7-12-4-3-11(13)8-18-12;/h11-12H,3-8,13H2,1-2H3;1H/t11-,12+;/m1./s1. The Morgan fingerprint density at radius 2 is 2.05 bits per heavy atom. The highest BCUT2D eigenvalue weighted by atomic mass is 35.5. The summed E-state index contributed by atoms with van der Waals surface area (Å²) < 4.78 is 10.4. The van der Waals surface area contributed by atoms with Crippen molar-refractivity contribution in [3.63, 3.8) is 0 Å². The fourth-order valence-electron chi connectivity index (χ4n) is 1.89. The minimum atomic E-state index is -0.335. The molecule has 0 radical (unpaired) electrons. The number of nitrogens with two attached hydrogens (primary N) is 1. The van der Waals surface area contributed by atoms with Gasteiger partial charge in [0.2, 0.25) is 5.91 Å². The Labute approximate surface area is 120 Å². The molecule has 19 heavy (non-hydrogen) atoms. The second-order valence-corrected chi connectivity index (χ2v) is 4.60. The zero-order valence-corrected chi connectivity index (χ0v) is 12.3. The van der Waals surface area contributed by atoms with E-state index in [9.17, 15) is 9.59 Å². The van der Waals surface area contributed by atoms with Crippen molar-refractivity contribution in [2.24, 2.45) is 5.73 Å². The lowest BCUT2D eigenvalue weighted by Crippen LogP contribution is -2.44. The fraction of sp³-hybridized carbons (Fsp3) is 0.833. The molecule has 112 valence electrons. The van der Waals surface area contributed by atoms with Gasteiger partial charge in [-0.1, -0.05) is 0 Å². The summed E-state index contributed by atoms with van der Waals surface area (Å²) in [5.41, 5.74) is 5.74. The maximum absolute atomic E-state index is 11.5. The van der Waals surface area contributed by atoms with E-state index < -0.39 is 0 Å². The molecule has 1 rings (SSSR count). The predicted molar refractivity (Wildman–Crippen MR) is 73.1 cm³/mol. The Balaban J connectivity index is 0.00000324. The molecular formula is C12H23ClN2O4. The average molecular weight is 295 g/mol. The summed E-state index contributed by atoms with van der Waals surface area (Å²) >= 11 is 0. The van der Waals surface area contributed by atoms with E-state index in [-0.39, 0.29) is 43.0 Å². The third-order valence-electron chi connectivity index (χ3n) is 2.94. The minimum Gasteiger partial charge on any atom is -0.464 e. The van der Waals surface area contributed by atoms with Gasteiger partial charge in [-0.15, -0.1) is 12.4 Å². The van der Waals surface area contributed by atoms with Gasteiger partial charge in [0.15, 0.2) is 0 Å². The molecule has 0 aliphatic carbocycles. The van der Waals surface area contributed by atoms with Crippen molar-refractivity contribution in [1.82, 2.24) is 4.90 Å². The largest absolute Gasteiger partial charge is 0.464 e. The second-order valence-electron chi connectivity index (χ2n) is 4.60. The summed E-state index contributed by atoms with van der Waals surface area (Å²) in [5.74, 6) is -0.376. The monoisotopic (exact) mass is 294 g/mol. The number of carbonyl (C=O) groups excluding carboxylic acids is 2. The Morgan fingerprint density at radius 3 is 2.53 bits per heavy atom. The van der Waals surface area contributed by atoms with E-state index in [1.165, 1.54) is 13.8 Å². The van der Waals surface area contributed by atoms with Crippen LogP contribution in [-0.2, 0) is 19.1 Å². The van der Waals surface area contributed by atoms with E-state index in [0.717, 1.165) is 12.8 Å². The van der Waals surface area contributed by atoms with Crippen molar-refractivity contribution in [2.45, 2.75) is 38.8 Å². The summed E-state index contributed by atoms with van der Waals surface area (Å²) in [6.45, 7) is 4.55. The van der Waals surface area contributed by atoms with Crippen LogP contribution in [0.1, 0.15) is 26.7 Å². The number of hydrogen-bond acceptors (Lipinski definition) is 5. The van der Waals surface area contributed by atoms with Crippen LogP contribution in [0.4, 0.5) is 0 Å². The number of rotatable bonds is 5. The molecule has 0 saturated carbocycles. The first-order valence-corrected chi connectivity index (χ1v) is 6.25. The average Bonchev–Trinajstić information content (AvgIpc) is 2.30. The van der Waals surface area contributed by atoms with Gasteiger partial charge in [0, 0.05) is 26.4 Å². The maximum Gasteiger partial charge on any atom is 0.302 e. The number of hydrogen-bond donors (Lipinski definition) is 1. The Bertz CT molecular complexity index is 293. The minimum absolute atomic E-state index is 0. The molecule has 1 heterocycles. The molecule has 0 aromatic carbocycles. The molecular weight excluding hydrogens is 272 g/mol. The van der Waals surface area contributed by atoms with E-state index in [4.69, 9.17) is 15.2 Å². The van der Waals surface area contributed by atoms with Crippen molar-refractivity contribution >= 4 is 24.3 Å². The number of halogens is 1. The zero-order chi connectivity index (χ0) is 13.5. The molecule has 1 saturated heterocycles. The molecule has 6 nitrogen and oxygen atoms in total. The third kappa shape index (κ3) is 7.34. The predicted octanol–water partition coefficient (Wildman–Crippen LogP) is 0.326. The van der Waals surface area contributed by atoms with Gasteiger partial charge < -0.3 is 20.1 Å². The number of amides is 1. The fourth-order valence-corrected chi connectivity index (χ4v) is 1.89. The highest BCUT2D eigenvalue weighted by molar-refractivity contribution is 5.85. The molecule has 2 atom stereocenters. The first-order chi connectivity index (χ1) is 8.49. The topological polar surface area (TPSA) is 81.9 Å². The molecule has 0 aromatic rings. The quantitative estimate of drug-likeness (QED) is 0.739. The number of ether oxygens (including phenoxy) is 2. The highest BCUT2D eigenvalue weighted by Crippen LogP contribution is 2.13. The van der Waals surface area contributed by atoms with Gasteiger partial charge in [-0.25, -0.2) is 0 Å². The molecule has 1 fully saturated rings. The van der Waals surface area contributed by atoms with Crippen LogP contribution in [0.25, 0.3) is 0 Å². The van der Waals surface area contributed by atoms with Crippen molar-refractivity contribution < 1.29 is 19.1 Å². The molecule has 0 spiro atoms. The molecule has 2 N–H and O–H groups in total. The van der Waals surface area contributed by atoms with Crippen molar-refractivity contribution in [3.05, 3.63) is 0 Å². The van der Waals surface area contributed by atoms with E-state index >= 15 is 0 Å².